The minimum Gasteiger partial charge on any atom is -0.378 e. The summed E-state index contributed by atoms with van der Waals surface area (Å²) in [5.41, 5.74) is 0.135. The molecule has 6 heteroatoms. The molecule has 1 aliphatic carbocycles. The van der Waals surface area contributed by atoms with Gasteiger partial charge in [0.15, 0.2) is 0 Å². The number of rotatable bonds is 4. The van der Waals surface area contributed by atoms with Crippen LogP contribution in [0.3, 0.4) is 0 Å². The van der Waals surface area contributed by atoms with Gasteiger partial charge in [0.2, 0.25) is 5.91 Å². The van der Waals surface area contributed by atoms with Crippen LogP contribution in [-0.2, 0) is 16.0 Å². The number of carbonyl (C=O) groups is 1. The summed E-state index contributed by atoms with van der Waals surface area (Å²) < 4.78 is 20.0. The van der Waals surface area contributed by atoms with Gasteiger partial charge in [-0.05, 0) is 36.8 Å². The van der Waals surface area contributed by atoms with Crippen molar-refractivity contribution in [1.82, 2.24) is 15.1 Å². The predicted molar refractivity (Wildman–Crippen MR) is 99.8 cm³/mol. The topological polar surface area (TPSA) is 44.8 Å². The van der Waals surface area contributed by atoms with Gasteiger partial charge in [-0.1, -0.05) is 18.2 Å². The summed E-state index contributed by atoms with van der Waals surface area (Å²) in [5.74, 6) is 0.755. The maximum absolute atomic E-state index is 14.2. The van der Waals surface area contributed by atoms with E-state index in [9.17, 15) is 9.18 Å². The summed E-state index contributed by atoms with van der Waals surface area (Å²) in [6, 6.07) is 7.68. The molecule has 3 aliphatic heterocycles. The van der Waals surface area contributed by atoms with Crippen molar-refractivity contribution in [1.29, 1.82) is 0 Å². The smallest absolute Gasteiger partial charge is 0.231 e. The van der Waals surface area contributed by atoms with Crippen molar-refractivity contribution in [3.63, 3.8) is 0 Å². The summed E-state index contributed by atoms with van der Waals surface area (Å²) >= 11 is 0. The van der Waals surface area contributed by atoms with E-state index in [2.05, 4.69) is 10.2 Å². The molecule has 1 amide bonds. The molecule has 4 aliphatic rings. The van der Waals surface area contributed by atoms with E-state index in [-0.39, 0.29) is 11.7 Å². The highest BCUT2D eigenvalue weighted by Crippen LogP contribution is 2.39. The van der Waals surface area contributed by atoms with Gasteiger partial charge in [-0.3, -0.25) is 9.69 Å². The third kappa shape index (κ3) is 3.18. The predicted octanol–water partition coefficient (Wildman–Crippen LogP) is 1.28. The maximum Gasteiger partial charge on any atom is 0.231 e. The van der Waals surface area contributed by atoms with Crippen molar-refractivity contribution in [2.45, 2.75) is 31.3 Å². The standard InChI is InChI=1S/C21H28FN3O2/c22-18-4-2-1-3-16(18)9-21(13-23-14-21)20(26)24-7-8-25-17(10-24)11-27-12-19(25)15-5-6-15/h1-4,15,17,19,23H,5-14H2/t17-,19-/m1/s1. The number of hydrogen-bond donors (Lipinski definition) is 1. The van der Waals surface area contributed by atoms with Gasteiger partial charge in [-0.2, -0.15) is 0 Å². The second kappa shape index (κ2) is 6.83. The minimum absolute atomic E-state index is 0.178. The van der Waals surface area contributed by atoms with Crippen LogP contribution in [0.2, 0.25) is 0 Å². The number of ether oxygens (including phenoxy) is 1. The second-order valence-electron chi connectivity index (χ2n) is 8.74. The van der Waals surface area contributed by atoms with Gasteiger partial charge in [0.1, 0.15) is 5.82 Å². The van der Waals surface area contributed by atoms with Crippen LogP contribution in [0.15, 0.2) is 24.3 Å². The lowest BCUT2D eigenvalue weighted by molar-refractivity contribution is -0.153. The third-order valence-electron chi connectivity index (χ3n) is 6.87. The SMILES string of the molecule is O=C(N1CCN2[C@@H](COC[C@@H]2C2CC2)C1)C1(Cc2ccccc2F)CNC1. The first kappa shape index (κ1) is 17.6. The Hall–Kier alpha value is -1.50. The zero-order chi connectivity index (χ0) is 18.4. The molecule has 5 nitrogen and oxygen atoms in total. The Morgan fingerprint density at radius 1 is 1.22 bits per heavy atom. The number of benzene rings is 1. The van der Waals surface area contributed by atoms with E-state index in [1.807, 2.05) is 11.0 Å². The van der Waals surface area contributed by atoms with Gasteiger partial charge < -0.3 is 15.0 Å². The normalized spacial score (nSPS) is 30.5. The van der Waals surface area contributed by atoms with Crippen LogP contribution in [0.4, 0.5) is 4.39 Å². The van der Waals surface area contributed by atoms with Crippen LogP contribution in [-0.4, -0.2) is 73.7 Å². The largest absolute Gasteiger partial charge is 0.378 e. The molecular weight excluding hydrogens is 345 g/mol. The van der Waals surface area contributed by atoms with Crippen molar-refractivity contribution in [3.05, 3.63) is 35.6 Å². The number of nitrogens with one attached hydrogen (secondary N) is 1. The number of carbonyl (C=O) groups excluding carboxylic acids is 1. The minimum atomic E-state index is -0.504. The van der Waals surface area contributed by atoms with E-state index in [4.69, 9.17) is 4.74 Å². The summed E-state index contributed by atoms with van der Waals surface area (Å²) in [6.07, 6.45) is 3.10. The molecule has 2 atom stereocenters. The van der Waals surface area contributed by atoms with E-state index in [1.165, 1.54) is 18.9 Å². The lowest BCUT2D eigenvalue weighted by atomic mass is 9.74. The highest BCUT2D eigenvalue weighted by atomic mass is 19.1. The molecule has 5 rings (SSSR count). The molecule has 0 aromatic heterocycles. The molecule has 0 unspecified atom stereocenters. The van der Waals surface area contributed by atoms with Gasteiger partial charge in [-0.25, -0.2) is 4.39 Å². The number of nitrogens with zero attached hydrogens (tertiary/aromatic N) is 2. The van der Waals surface area contributed by atoms with Crippen molar-refractivity contribution in [3.8, 4) is 0 Å². The molecule has 146 valence electrons. The third-order valence-corrected chi connectivity index (χ3v) is 6.87. The second-order valence-corrected chi connectivity index (χ2v) is 8.74. The van der Waals surface area contributed by atoms with E-state index >= 15 is 0 Å². The van der Waals surface area contributed by atoms with E-state index in [0.29, 0.717) is 43.8 Å². The molecule has 0 spiro atoms. The van der Waals surface area contributed by atoms with Crippen molar-refractivity contribution >= 4 is 5.91 Å². The molecule has 1 N–H and O–H groups in total. The van der Waals surface area contributed by atoms with Gasteiger partial charge >= 0.3 is 0 Å². The number of halogens is 1. The number of piperazine rings is 1. The lowest BCUT2D eigenvalue weighted by Gasteiger charge is -2.51. The molecule has 1 saturated carbocycles. The average molecular weight is 373 g/mol. The monoisotopic (exact) mass is 373 g/mol. The number of morpholine rings is 1. The van der Waals surface area contributed by atoms with Crippen LogP contribution in [0.25, 0.3) is 0 Å². The fraction of sp³-hybridized carbons (Fsp3) is 0.667. The van der Waals surface area contributed by atoms with E-state index < -0.39 is 5.41 Å². The number of amides is 1. The number of hydrogen-bond acceptors (Lipinski definition) is 4. The lowest BCUT2D eigenvalue weighted by Crippen LogP contribution is -2.68. The van der Waals surface area contributed by atoms with Crippen LogP contribution < -0.4 is 5.32 Å². The Balaban J connectivity index is 1.29. The van der Waals surface area contributed by atoms with Crippen LogP contribution in [0.5, 0.6) is 0 Å². The molecule has 3 heterocycles. The zero-order valence-corrected chi connectivity index (χ0v) is 15.7. The summed E-state index contributed by atoms with van der Waals surface area (Å²) in [4.78, 5) is 18.0. The Morgan fingerprint density at radius 3 is 2.74 bits per heavy atom. The van der Waals surface area contributed by atoms with Crippen molar-refractivity contribution < 1.29 is 13.9 Å². The van der Waals surface area contributed by atoms with E-state index in [1.54, 1.807) is 12.1 Å². The summed E-state index contributed by atoms with van der Waals surface area (Å²) in [6.45, 7) is 5.27. The molecule has 27 heavy (non-hydrogen) atoms. The van der Waals surface area contributed by atoms with Gasteiger partial charge in [0.05, 0.1) is 24.7 Å². The highest BCUT2D eigenvalue weighted by molar-refractivity contribution is 5.85. The van der Waals surface area contributed by atoms with Gasteiger partial charge in [0, 0.05) is 38.8 Å². The molecule has 0 radical (unpaired) electrons. The molecule has 3 saturated heterocycles. The first-order valence-corrected chi connectivity index (χ1v) is 10.2. The molecule has 1 aromatic rings. The van der Waals surface area contributed by atoms with Crippen LogP contribution in [0.1, 0.15) is 18.4 Å². The van der Waals surface area contributed by atoms with Gasteiger partial charge in [-0.15, -0.1) is 0 Å². The Bertz CT molecular complexity index is 719. The van der Waals surface area contributed by atoms with Crippen molar-refractivity contribution in [2.24, 2.45) is 11.3 Å². The van der Waals surface area contributed by atoms with Crippen molar-refractivity contribution in [2.75, 3.05) is 45.9 Å². The Morgan fingerprint density at radius 2 is 2.04 bits per heavy atom. The first-order valence-electron chi connectivity index (χ1n) is 10.2. The highest BCUT2D eigenvalue weighted by Gasteiger charge is 2.49. The first-order chi connectivity index (χ1) is 13.2. The molecule has 0 bridgehead atoms. The molecule has 1 aromatic carbocycles. The van der Waals surface area contributed by atoms with E-state index in [0.717, 1.165) is 32.2 Å². The fourth-order valence-electron chi connectivity index (χ4n) is 5.07. The van der Waals surface area contributed by atoms with Crippen LogP contribution >= 0.6 is 0 Å². The maximum atomic E-state index is 14.2. The zero-order valence-electron chi connectivity index (χ0n) is 15.7. The summed E-state index contributed by atoms with van der Waals surface area (Å²) in [7, 11) is 0. The summed E-state index contributed by atoms with van der Waals surface area (Å²) in [5, 5.41) is 3.24. The fourth-order valence-corrected chi connectivity index (χ4v) is 5.07. The average Bonchev–Trinajstić information content (AvgIpc) is 3.50. The van der Waals surface area contributed by atoms with Crippen LogP contribution in [0, 0.1) is 17.2 Å². The Labute approximate surface area is 159 Å². The Kier molecular flexibility index (Phi) is 4.45. The number of fused-ring (bicyclic) bond motifs is 1. The quantitative estimate of drug-likeness (QED) is 0.864. The molecular formula is C21H28FN3O2. The van der Waals surface area contributed by atoms with Gasteiger partial charge in [0.25, 0.3) is 0 Å². The molecule has 4 fully saturated rings.